The molecule has 0 aliphatic carbocycles. The maximum Gasteiger partial charge on any atom is 0.272 e. The molecule has 1 aliphatic rings. The van der Waals surface area contributed by atoms with E-state index in [0.29, 0.717) is 26.9 Å². The van der Waals surface area contributed by atoms with Crippen LogP contribution in [0.25, 0.3) is 5.57 Å². The van der Waals surface area contributed by atoms with Crippen LogP contribution in [0.15, 0.2) is 89.8 Å². The molecule has 0 aromatic heterocycles. The molecule has 28 heavy (non-hydrogen) atoms. The highest BCUT2D eigenvalue weighted by Crippen LogP contribution is 2.39. The first-order chi connectivity index (χ1) is 13.6. The van der Waals surface area contributed by atoms with Crippen LogP contribution in [0.1, 0.15) is 11.1 Å². The van der Waals surface area contributed by atoms with E-state index in [0.717, 1.165) is 11.1 Å². The summed E-state index contributed by atoms with van der Waals surface area (Å²) in [5, 5.41) is 0.553. The summed E-state index contributed by atoms with van der Waals surface area (Å²) in [5.74, 6) is 0.00109. The summed E-state index contributed by atoms with van der Waals surface area (Å²) < 4.78 is 0. The number of rotatable bonds is 5. The molecule has 138 valence electrons. The van der Waals surface area contributed by atoms with E-state index in [1.807, 2.05) is 60.7 Å². The van der Waals surface area contributed by atoms with Gasteiger partial charge in [0.15, 0.2) is 0 Å². The van der Waals surface area contributed by atoms with Crippen LogP contribution in [-0.2, 0) is 15.3 Å². The van der Waals surface area contributed by atoms with Crippen LogP contribution >= 0.6 is 23.4 Å². The monoisotopic (exact) mass is 405 g/mol. The lowest BCUT2D eigenvalue weighted by Crippen LogP contribution is -2.31. The minimum atomic E-state index is -0.311. The van der Waals surface area contributed by atoms with Gasteiger partial charge in [0.2, 0.25) is 0 Å². The average molecular weight is 406 g/mol. The number of nitrogens with zero attached hydrogens (tertiary/aromatic N) is 1. The third-order valence-corrected chi connectivity index (χ3v) is 5.81. The van der Waals surface area contributed by atoms with Crippen LogP contribution < -0.4 is 4.90 Å². The van der Waals surface area contributed by atoms with E-state index in [9.17, 15) is 9.59 Å². The Morgan fingerprint density at radius 2 is 1.36 bits per heavy atom. The molecular formula is C23H16ClNO2S. The molecule has 3 nitrogen and oxygen atoms in total. The van der Waals surface area contributed by atoms with Crippen molar-refractivity contribution in [3.05, 3.63) is 106 Å². The number of halogens is 1. The van der Waals surface area contributed by atoms with E-state index in [4.69, 9.17) is 11.6 Å². The number of imide groups is 1. The van der Waals surface area contributed by atoms with Gasteiger partial charge >= 0.3 is 0 Å². The van der Waals surface area contributed by atoms with Crippen molar-refractivity contribution in [2.45, 2.75) is 5.75 Å². The quantitative estimate of drug-likeness (QED) is 0.521. The van der Waals surface area contributed by atoms with Crippen molar-refractivity contribution in [1.29, 1.82) is 0 Å². The fourth-order valence-corrected chi connectivity index (χ4v) is 4.25. The predicted octanol–water partition coefficient (Wildman–Crippen LogP) is 5.56. The number of amides is 2. The van der Waals surface area contributed by atoms with Gasteiger partial charge in [-0.15, -0.1) is 11.8 Å². The van der Waals surface area contributed by atoms with E-state index < -0.39 is 0 Å². The molecule has 4 rings (SSSR count). The third kappa shape index (κ3) is 3.61. The van der Waals surface area contributed by atoms with E-state index in [1.54, 1.807) is 24.3 Å². The van der Waals surface area contributed by atoms with Gasteiger partial charge in [0, 0.05) is 10.8 Å². The fraction of sp³-hybridized carbons (Fsp3) is 0.0435. The first-order valence-corrected chi connectivity index (χ1v) is 10.1. The zero-order valence-electron chi connectivity index (χ0n) is 14.8. The topological polar surface area (TPSA) is 37.4 Å². The second kappa shape index (κ2) is 8.05. The SMILES string of the molecule is O=C1C(SCc2ccccc2)=C(c2ccccc2)C(=O)N1c1ccc(Cl)cc1. The standard InChI is InChI=1S/C23H16ClNO2S/c24-18-11-13-19(14-12-18)25-22(26)20(17-9-5-2-6-10-17)21(23(25)27)28-15-16-7-3-1-4-8-16/h1-14H,15H2. The highest BCUT2D eigenvalue weighted by Gasteiger charge is 2.40. The van der Waals surface area contributed by atoms with Gasteiger partial charge in [-0.25, -0.2) is 4.90 Å². The van der Waals surface area contributed by atoms with Crippen LogP contribution in [0, 0.1) is 0 Å². The highest BCUT2D eigenvalue weighted by molar-refractivity contribution is 8.03. The molecule has 0 saturated heterocycles. The molecule has 0 radical (unpaired) electrons. The Hall–Kier alpha value is -2.82. The summed E-state index contributed by atoms with van der Waals surface area (Å²) in [7, 11) is 0. The lowest BCUT2D eigenvalue weighted by molar-refractivity contribution is -0.119. The minimum absolute atomic E-state index is 0.299. The van der Waals surface area contributed by atoms with Gasteiger partial charge in [0.05, 0.1) is 16.2 Å². The van der Waals surface area contributed by atoms with Gasteiger partial charge in [0.25, 0.3) is 11.8 Å². The summed E-state index contributed by atoms with van der Waals surface area (Å²) in [6.07, 6.45) is 0. The molecule has 1 aliphatic heterocycles. The summed E-state index contributed by atoms with van der Waals surface area (Å²) >= 11 is 7.35. The molecule has 2 amide bonds. The smallest absolute Gasteiger partial charge is 0.268 e. The maximum absolute atomic E-state index is 13.2. The van der Waals surface area contributed by atoms with Gasteiger partial charge in [-0.1, -0.05) is 72.3 Å². The fourth-order valence-electron chi connectivity index (χ4n) is 3.06. The second-order valence-corrected chi connectivity index (χ2v) is 7.69. The van der Waals surface area contributed by atoms with Crippen LogP contribution in [0.3, 0.4) is 0 Å². The molecule has 0 atom stereocenters. The Kier molecular flexibility index (Phi) is 5.33. The van der Waals surface area contributed by atoms with E-state index >= 15 is 0 Å². The van der Waals surface area contributed by atoms with Crippen molar-refractivity contribution >= 4 is 46.4 Å². The summed E-state index contributed by atoms with van der Waals surface area (Å²) in [6, 6.07) is 25.9. The van der Waals surface area contributed by atoms with Crippen LogP contribution in [0.4, 0.5) is 5.69 Å². The van der Waals surface area contributed by atoms with Crippen molar-refractivity contribution in [1.82, 2.24) is 0 Å². The number of anilines is 1. The highest BCUT2D eigenvalue weighted by atomic mass is 35.5. The molecule has 1 heterocycles. The van der Waals surface area contributed by atoms with E-state index in [1.165, 1.54) is 16.7 Å². The molecule has 5 heteroatoms. The number of hydrogen-bond donors (Lipinski definition) is 0. The molecule has 3 aromatic rings. The molecule has 0 spiro atoms. The Bertz CT molecular complexity index is 1050. The third-order valence-electron chi connectivity index (χ3n) is 4.41. The number of thioether (sulfide) groups is 1. The van der Waals surface area contributed by atoms with Crippen molar-refractivity contribution < 1.29 is 9.59 Å². The zero-order valence-corrected chi connectivity index (χ0v) is 16.4. The zero-order chi connectivity index (χ0) is 19.5. The second-order valence-electron chi connectivity index (χ2n) is 6.27. The summed E-state index contributed by atoms with van der Waals surface area (Å²) in [6.45, 7) is 0. The molecule has 0 bridgehead atoms. The largest absolute Gasteiger partial charge is 0.272 e. The lowest BCUT2D eigenvalue weighted by Gasteiger charge is -2.15. The molecular weight excluding hydrogens is 390 g/mol. The summed E-state index contributed by atoms with van der Waals surface area (Å²) in [5.41, 5.74) is 2.80. The van der Waals surface area contributed by atoms with Crippen molar-refractivity contribution in [3.8, 4) is 0 Å². The Morgan fingerprint density at radius 3 is 2.00 bits per heavy atom. The normalized spacial score (nSPS) is 14.1. The van der Waals surface area contributed by atoms with Crippen molar-refractivity contribution in [3.63, 3.8) is 0 Å². The molecule has 0 unspecified atom stereocenters. The molecule has 0 fully saturated rings. The lowest BCUT2D eigenvalue weighted by atomic mass is 10.1. The predicted molar refractivity (Wildman–Crippen MR) is 115 cm³/mol. The van der Waals surface area contributed by atoms with E-state index in [-0.39, 0.29) is 11.8 Å². The Balaban J connectivity index is 1.73. The first kappa shape index (κ1) is 18.5. The molecule has 0 saturated carbocycles. The molecule has 0 N–H and O–H groups in total. The first-order valence-electron chi connectivity index (χ1n) is 8.76. The summed E-state index contributed by atoms with van der Waals surface area (Å²) in [4.78, 5) is 28.1. The van der Waals surface area contributed by atoms with Gasteiger partial charge in [-0.2, -0.15) is 0 Å². The number of carbonyl (C=O) groups excluding carboxylic acids is 2. The maximum atomic E-state index is 13.2. The van der Waals surface area contributed by atoms with Gasteiger partial charge in [-0.3, -0.25) is 9.59 Å². The van der Waals surface area contributed by atoms with Crippen molar-refractivity contribution in [2.24, 2.45) is 0 Å². The van der Waals surface area contributed by atoms with E-state index in [2.05, 4.69) is 0 Å². The Morgan fingerprint density at radius 1 is 0.750 bits per heavy atom. The Labute approximate surface area is 172 Å². The minimum Gasteiger partial charge on any atom is -0.268 e. The average Bonchev–Trinajstić information content (AvgIpc) is 2.98. The number of carbonyl (C=O) groups is 2. The molecule has 3 aromatic carbocycles. The van der Waals surface area contributed by atoms with Gasteiger partial charge in [-0.05, 0) is 35.4 Å². The number of benzene rings is 3. The van der Waals surface area contributed by atoms with Gasteiger partial charge in [0.1, 0.15) is 0 Å². The number of hydrogen-bond acceptors (Lipinski definition) is 3. The van der Waals surface area contributed by atoms with Crippen LogP contribution in [0.5, 0.6) is 0 Å². The van der Waals surface area contributed by atoms with Crippen LogP contribution in [-0.4, -0.2) is 11.8 Å². The van der Waals surface area contributed by atoms with Crippen molar-refractivity contribution in [2.75, 3.05) is 4.90 Å². The van der Waals surface area contributed by atoms with Gasteiger partial charge < -0.3 is 0 Å². The van der Waals surface area contributed by atoms with Crippen LogP contribution in [0.2, 0.25) is 5.02 Å².